The van der Waals surface area contributed by atoms with E-state index in [0.717, 1.165) is 8.58 Å². The Bertz CT molecular complexity index is 431. The summed E-state index contributed by atoms with van der Waals surface area (Å²) in [6.07, 6.45) is 0. The fraction of sp³-hybridized carbons (Fsp3) is 0.143. The van der Waals surface area contributed by atoms with E-state index in [1.165, 1.54) is 21.7 Å². The van der Waals surface area contributed by atoms with E-state index >= 15 is 0 Å². The Hall–Kier alpha value is -0.533. The molecule has 2 heteroatoms. The second-order valence-corrected chi connectivity index (χ2v) is 5.27. The van der Waals surface area contributed by atoms with E-state index in [1.807, 2.05) is 0 Å². The first-order chi connectivity index (χ1) is 7.24. The maximum absolute atomic E-state index is 2.28. The third-order valence-electron chi connectivity index (χ3n) is 2.28. The Morgan fingerprint density at radius 3 is 1.88 bits per heavy atom. The first-order valence-corrected chi connectivity index (χ1v) is 6.14. The van der Waals surface area contributed by atoms with Gasteiger partial charge in [-0.2, -0.15) is 0 Å². The molecule has 0 heterocycles. The van der Waals surface area contributed by atoms with Crippen LogP contribution in [0.5, 0.6) is 0 Å². The van der Waals surface area contributed by atoms with Crippen LogP contribution in [0, 0.1) is 13.8 Å². The van der Waals surface area contributed by atoms with E-state index in [2.05, 4.69) is 62.4 Å². The van der Waals surface area contributed by atoms with Gasteiger partial charge in [-0.3, -0.25) is 0 Å². The molecule has 0 aliphatic rings. The van der Waals surface area contributed by atoms with Gasteiger partial charge in [-0.15, -0.1) is 0 Å². The van der Waals surface area contributed by atoms with Crippen LogP contribution in [0.1, 0.15) is 11.1 Å². The standard InChI is InChI=1S/C14H15P.Li.H/c1-11-8-12(2)10-14(9-11)15-13-6-4-3-5-7-13;;/h3-10,15H,1-2H3;;. The van der Waals surface area contributed by atoms with E-state index in [-0.39, 0.29) is 18.9 Å². The van der Waals surface area contributed by atoms with Crippen molar-refractivity contribution in [3.63, 3.8) is 0 Å². The molecule has 0 aliphatic heterocycles. The van der Waals surface area contributed by atoms with Crippen LogP contribution in [0.2, 0.25) is 0 Å². The summed E-state index contributed by atoms with van der Waals surface area (Å²) in [5.41, 5.74) is 2.71. The first-order valence-electron chi connectivity index (χ1n) is 5.14. The molecule has 1 atom stereocenters. The van der Waals surface area contributed by atoms with E-state index in [4.69, 9.17) is 0 Å². The van der Waals surface area contributed by atoms with Gasteiger partial charge < -0.3 is 0 Å². The molecule has 0 saturated heterocycles. The van der Waals surface area contributed by atoms with Crippen molar-refractivity contribution in [2.75, 3.05) is 0 Å². The Balaban J connectivity index is 0.00000128. The number of aryl methyl sites for hydroxylation is 2. The number of rotatable bonds is 2. The van der Waals surface area contributed by atoms with Crippen molar-refractivity contribution < 1.29 is 0 Å². The normalized spacial score (nSPS) is 10.4. The van der Waals surface area contributed by atoms with Crippen LogP contribution in [0.4, 0.5) is 0 Å². The van der Waals surface area contributed by atoms with Gasteiger partial charge in [0.2, 0.25) is 0 Å². The summed E-state index contributed by atoms with van der Waals surface area (Å²) >= 11 is 0. The van der Waals surface area contributed by atoms with Crippen molar-refractivity contribution in [3.05, 3.63) is 59.7 Å². The van der Waals surface area contributed by atoms with Crippen molar-refractivity contribution >= 4 is 38.1 Å². The molecule has 0 aliphatic carbocycles. The molecule has 16 heavy (non-hydrogen) atoms. The summed E-state index contributed by atoms with van der Waals surface area (Å²) in [6, 6.07) is 17.4. The van der Waals surface area contributed by atoms with Crippen LogP contribution in [-0.4, -0.2) is 18.9 Å². The molecule has 78 valence electrons. The number of hydrogen-bond donors (Lipinski definition) is 0. The second kappa shape index (κ2) is 6.26. The van der Waals surface area contributed by atoms with Gasteiger partial charge >= 0.3 is 18.9 Å². The summed E-state index contributed by atoms with van der Waals surface area (Å²) in [6.45, 7) is 4.32. The van der Waals surface area contributed by atoms with E-state index < -0.39 is 0 Å². The molecule has 0 spiro atoms. The zero-order chi connectivity index (χ0) is 10.7. The summed E-state index contributed by atoms with van der Waals surface area (Å²) in [5, 5.41) is 2.83. The molecule has 0 fully saturated rings. The quantitative estimate of drug-likeness (QED) is 0.540. The molecular formula is C14H16LiP. The van der Waals surface area contributed by atoms with Crippen molar-refractivity contribution in [1.82, 2.24) is 0 Å². The zero-order valence-corrected chi connectivity index (χ0v) is 10.1. The van der Waals surface area contributed by atoms with Crippen molar-refractivity contribution in [2.45, 2.75) is 13.8 Å². The van der Waals surface area contributed by atoms with Crippen LogP contribution in [0.3, 0.4) is 0 Å². The minimum atomic E-state index is 0. The molecule has 0 nitrogen and oxygen atoms in total. The Labute approximate surface area is 111 Å². The Kier molecular flexibility index (Phi) is 5.30. The fourth-order valence-corrected chi connectivity index (χ4v) is 3.03. The second-order valence-electron chi connectivity index (χ2n) is 3.87. The average molecular weight is 222 g/mol. The van der Waals surface area contributed by atoms with Gasteiger partial charge in [0.15, 0.2) is 0 Å². The monoisotopic (exact) mass is 222 g/mol. The molecule has 0 aromatic heterocycles. The SMILES string of the molecule is Cc1cc(C)cc(Pc2ccccc2)c1.[LiH]. The molecule has 0 N–H and O–H groups in total. The van der Waals surface area contributed by atoms with Crippen LogP contribution in [0.15, 0.2) is 48.5 Å². The third kappa shape index (κ3) is 3.80. The summed E-state index contributed by atoms with van der Waals surface area (Å²) < 4.78 is 0. The van der Waals surface area contributed by atoms with Gasteiger partial charge in [0.25, 0.3) is 0 Å². The van der Waals surface area contributed by atoms with Crippen LogP contribution < -0.4 is 10.6 Å². The molecule has 2 aromatic carbocycles. The summed E-state index contributed by atoms with van der Waals surface area (Å²) in [5.74, 6) is 0. The van der Waals surface area contributed by atoms with Crippen LogP contribution in [-0.2, 0) is 0 Å². The average Bonchev–Trinajstić information content (AvgIpc) is 2.17. The zero-order valence-electron chi connectivity index (χ0n) is 9.12. The molecule has 0 saturated carbocycles. The van der Waals surface area contributed by atoms with E-state index in [1.54, 1.807) is 0 Å². The molecule has 2 aromatic rings. The van der Waals surface area contributed by atoms with Gasteiger partial charge in [0.1, 0.15) is 0 Å². The Morgan fingerprint density at radius 1 is 0.750 bits per heavy atom. The van der Waals surface area contributed by atoms with Gasteiger partial charge in [-0.25, -0.2) is 0 Å². The molecular weight excluding hydrogens is 206 g/mol. The number of benzene rings is 2. The van der Waals surface area contributed by atoms with Gasteiger partial charge in [-0.05, 0) is 24.5 Å². The molecule has 1 unspecified atom stereocenters. The predicted molar refractivity (Wildman–Crippen MR) is 77.1 cm³/mol. The Morgan fingerprint density at radius 2 is 1.31 bits per heavy atom. The van der Waals surface area contributed by atoms with E-state index in [9.17, 15) is 0 Å². The van der Waals surface area contributed by atoms with Gasteiger partial charge in [0.05, 0.1) is 0 Å². The van der Waals surface area contributed by atoms with Gasteiger partial charge in [-0.1, -0.05) is 68.2 Å². The van der Waals surface area contributed by atoms with Crippen molar-refractivity contribution in [3.8, 4) is 0 Å². The topological polar surface area (TPSA) is 0 Å². The van der Waals surface area contributed by atoms with Crippen LogP contribution in [0.25, 0.3) is 0 Å². The summed E-state index contributed by atoms with van der Waals surface area (Å²) in [4.78, 5) is 0. The minimum absolute atomic E-state index is 0. The molecule has 0 bridgehead atoms. The van der Waals surface area contributed by atoms with E-state index in [0.29, 0.717) is 0 Å². The molecule has 0 radical (unpaired) electrons. The predicted octanol–water partition coefficient (Wildman–Crippen LogP) is 2.28. The van der Waals surface area contributed by atoms with Crippen LogP contribution >= 0.6 is 8.58 Å². The summed E-state index contributed by atoms with van der Waals surface area (Å²) in [7, 11) is 0.770. The number of hydrogen-bond acceptors (Lipinski definition) is 0. The fourth-order valence-electron chi connectivity index (χ4n) is 1.74. The maximum atomic E-state index is 2.28. The molecule has 2 rings (SSSR count). The van der Waals surface area contributed by atoms with Crippen molar-refractivity contribution in [2.24, 2.45) is 0 Å². The molecule has 0 amide bonds. The van der Waals surface area contributed by atoms with Gasteiger partial charge in [0, 0.05) is 0 Å². The first kappa shape index (κ1) is 13.5. The third-order valence-corrected chi connectivity index (χ3v) is 3.48. The van der Waals surface area contributed by atoms with Crippen molar-refractivity contribution in [1.29, 1.82) is 0 Å².